The molecule has 0 saturated heterocycles. The van der Waals surface area contributed by atoms with E-state index in [1.807, 2.05) is 12.1 Å². The van der Waals surface area contributed by atoms with Crippen LogP contribution in [0.5, 0.6) is 0 Å². The number of rotatable bonds is 4. The molecule has 0 saturated carbocycles. The van der Waals surface area contributed by atoms with E-state index in [2.05, 4.69) is 15.0 Å². The van der Waals surface area contributed by atoms with Gasteiger partial charge in [-0.3, -0.25) is 4.98 Å². The van der Waals surface area contributed by atoms with Crippen LogP contribution in [0.4, 0.5) is 4.39 Å². The van der Waals surface area contributed by atoms with Crippen LogP contribution in [0.1, 0.15) is 21.7 Å². The quantitative estimate of drug-likeness (QED) is 0.536. The van der Waals surface area contributed by atoms with Gasteiger partial charge in [0.15, 0.2) is 0 Å². The molecule has 4 rings (SSSR count). The van der Waals surface area contributed by atoms with Crippen molar-refractivity contribution in [1.82, 2.24) is 15.0 Å². The van der Waals surface area contributed by atoms with Crippen molar-refractivity contribution in [2.24, 2.45) is 0 Å². The van der Waals surface area contributed by atoms with E-state index in [9.17, 15) is 9.18 Å². The highest BCUT2D eigenvalue weighted by Crippen LogP contribution is 2.34. The molecule has 5 nitrogen and oxygen atoms in total. The summed E-state index contributed by atoms with van der Waals surface area (Å²) in [6.45, 7) is 0. The summed E-state index contributed by atoms with van der Waals surface area (Å²) in [7, 11) is 0. The van der Waals surface area contributed by atoms with E-state index < -0.39 is 11.8 Å². The van der Waals surface area contributed by atoms with Gasteiger partial charge in [-0.25, -0.2) is 14.2 Å². The summed E-state index contributed by atoms with van der Waals surface area (Å²) in [6, 6.07) is 11.4. The zero-order valence-electron chi connectivity index (χ0n) is 13.9. The third kappa shape index (κ3) is 3.27. The molecule has 134 valence electrons. The minimum absolute atomic E-state index is 0.0269. The fourth-order valence-electron chi connectivity index (χ4n) is 3.06. The first kappa shape index (κ1) is 17.2. The molecule has 0 bridgehead atoms. The summed E-state index contributed by atoms with van der Waals surface area (Å²) in [6.07, 6.45) is 3.69. The molecule has 2 N–H and O–H groups in total. The summed E-state index contributed by atoms with van der Waals surface area (Å²) < 4.78 is 14.1. The molecular weight excluding hydrogens is 369 g/mol. The first-order chi connectivity index (χ1) is 13.0. The zero-order chi connectivity index (χ0) is 19.0. The monoisotopic (exact) mass is 381 g/mol. The number of H-pyrrole nitrogens is 1. The molecule has 3 heterocycles. The van der Waals surface area contributed by atoms with Crippen LogP contribution < -0.4 is 0 Å². The van der Waals surface area contributed by atoms with E-state index in [4.69, 9.17) is 16.7 Å². The first-order valence-corrected chi connectivity index (χ1v) is 8.50. The molecule has 0 spiro atoms. The second-order valence-corrected chi connectivity index (χ2v) is 6.44. The fourth-order valence-corrected chi connectivity index (χ4v) is 3.23. The lowest BCUT2D eigenvalue weighted by Gasteiger charge is -2.06. The summed E-state index contributed by atoms with van der Waals surface area (Å²) in [4.78, 5) is 22.8. The topological polar surface area (TPSA) is 78.9 Å². The molecule has 0 aliphatic carbocycles. The predicted octanol–water partition coefficient (Wildman–Crippen LogP) is 4.71. The number of nitrogens with zero attached hydrogens (tertiary/aromatic N) is 2. The maximum Gasteiger partial charge on any atom is 0.354 e. The molecule has 27 heavy (non-hydrogen) atoms. The molecule has 0 unspecified atom stereocenters. The van der Waals surface area contributed by atoms with E-state index in [0.29, 0.717) is 23.0 Å². The number of nitrogens with one attached hydrogen (secondary N) is 1. The van der Waals surface area contributed by atoms with Crippen molar-refractivity contribution in [3.8, 4) is 11.3 Å². The van der Waals surface area contributed by atoms with Crippen LogP contribution in [0, 0.1) is 5.82 Å². The van der Waals surface area contributed by atoms with Gasteiger partial charge in [-0.05, 0) is 42.0 Å². The number of hydrogen-bond acceptors (Lipinski definition) is 3. The molecule has 0 aliphatic rings. The fraction of sp³-hybridized carbons (Fsp3) is 0.0500. The molecule has 3 aromatic heterocycles. The highest BCUT2D eigenvalue weighted by Gasteiger charge is 2.17. The van der Waals surface area contributed by atoms with Crippen molar-refractivity contribution < 1.29 is 14.3 Å². The summed E-state index contributed by atoms with van der Waals surface area (Å²) in [5.41, 5.74) is 3.60. The Labute approximate surface area is 158 Å². The average molecular weight is 382 g/mol. The number of carbonyl (C=O) groups is 1. The van der Waals surface area contributed by atoms with Crippen molar-refractivity contribution in [3.05, 3.63) is 82.6 Å². The summed E-state index contributed by atoms with van der Waals surface area (Å²) in [5, 5.41) is 9.86. The van der Waals surface area contributed by atoms with Gasteiger partial charge in [-0.15, -0.1) is 0 Å². The lowest BCUT2D eigenvalue weighted by atomic mass is 10.0. The molecule has 0 atom stereocenters. The highest BCUT2D eigenvalue weighted by atomic mass is 35.5. The van der Waals surface area contributed by atoms with Crippen LogP contribution in [0.2, 0.25) is 5.02 Å². The van der Waals surface area contributed by atoms with Gasteiger partial charge < -0.3 is 10.1 Å². The van der Waals surface area contributed by atoms with Gasteiger partial charge in [0, 0.05) is 41.0 Å². The van der Waals surface area contributed by atoms with Gasteiger partial charge in [0.2, 0.25) is 0 Å². The van der Waals surface area contributed by atoms with Crippen molar-refractivity contribution >= 4 is 28.5 Å². The average Bonchev–Trinajstić information content (AvgIpc) is 3.00. The van der Waals surface area contributed by atoms with E-state index in [-0.39, 0.29) is 10.7 Å². The van der Waals surface area contributed by atoms with Crippen LogP contribution in [0.3, 0.4) is 0 Å². The number of aromatic amines is 1. The summed E-state index contributed by atoms with van der Waals surface area (Å²) in [5.74, 6) is -1.62. The minimum atomic E-state index is -1.10. The van der Waals surface area contributed by atoms with Crippen LogP contribution in [0.15, 0.2) is 54.9 Å². The Morgan fingerprint density at radius 1 is 1.22 bits per heavy atom. The second kappa shape index (κ2) is 6.81. The Balaban J connectivity index is 1.90. The van der Waals surface area contributed by atoms with E-state index in [1.165, 1.54) is 18.2 Å². The number of hydrogen-bond donors (Lipinski definition) is 2. The number of halogens is 2. The van der Waals surface area contributed by atoms with Gasteiger partial charge in [0.1, 0.15) is 11.5 Å². The number of benzene rings is 1. The van der Waals surface area contributed by atoms with Gasteiger partial charge in [0.25, 0.3) is 0 Å². The molecule has 0 radical (unpaired) electrons. The van der Waals surface area contributed by atoms with E-state index >= 15 is 0 Å². The smallest absolute Gasteiger partial charge is 0.354 e. The van der Waals surface area contributed by atoms with E-state index in [0.717, 1.165) is 16.8 Å². The standard InChI is InChI=1S/C20H13ClFN3O2/c21-15-9-18-13(8-16(15)22)14(19(25-18)11-3-2-6-23-10-11)7-12-4-1-5-17(24-12)20(26)27/h1-6,8-10,25H,7H2,(H,26,27). The number of carboxylic acid groups (broad SMARTS) is 1. The number of carboxylic acids is 1. The van der Waals surface area contributed by atoms with Gasteiger partial charge in [-0.2, -0.15) is 0 Å². The maximum absolute atomic E-state index is 14.1. The lowest BCUT2D eigenvalue weighted by Crippen LogP contribution is -2.03. The molecule has 0 aliphatic heterocycles. The van der Waals surface area contributed by atoms with Crippen LogP contribution in [-0.2, 0) is 6.42 Å². The SMILES string of the molecule is O=C(O)c1cccc(Cc2c(-c3cccnc3)[nH]c3cc(Cl)c(F)cc23)n1. The molecular formula is C20H13ClFN3O2. The molecule has 1 aromatic carbocycles. The van der Waals surface area contributed by atoms with Crippen LogP contribution in [0.25, 0.3) is 22.2 Å². The number of fused-ring (bicyclic) bond motifs is 1. The zero-order valence-corrected chi connectivity index (χ0v) is 14.7. The number of aromatic nitrogens is 3. The maximum atomic E-state index is 14.1. The second-order valence-electron chi connectivity index (χ2n) is 6.03. The molecule has 7 heteroatoms. The Hall–Kier alpha value is -3.25. The molecule has 4 aromatic rings. The van der Waals surface area contributed by atoms with E-state index in [1.54, 1.807) is 24.5 Å². The van der Waals surface area contributed by atoms with Crippen LogP contribution in [-0.4, -0.2) is 26.0 Å². The van der Waals surface area contributed by atoms with Crippen molar-refractivity contribution in [3.63, 3.8) is 0 Å². The van der Waals surface area contributed by atoms with Gasteiger partial charge >= 0.3 is 5.97 Å². The Morgan fingerprint density at radius 2 is 2.07 bits per heavy atom. The summed E-state index contributed by atoms with van der Waals surface area (Å²) >= 11 is 5.93. The third-order valence-corrected chi connectivity index (χ3v) is 4.57. The van der Waals surface area contributed by atoms with Crippen molar-refractivity contribution in [1.29, 1.82) is 0 Å². The lowest BCUT2D eigenvalue weighted by molar-refractivity contribution is 0.0690. The molecule has 0 fully saturated rings. The Morgan fingerprint density at radius 3 is 2.81 bits per heavy atom. The highest BCUT2D eigenvalue weighted by molar-refractivity contribution is 6.31. The normalized spacial score (nSPS) is 11.0. The van der Waals surface area contributed by atoms with Crippen LogP contribution >= 0.6 is 11.6 Å². The van der Waals surface area contributed by atoms with Crippen molar-refractivity contribution in [2.75, 3.05) is 0 Å². The third-order valence-electron chi connectivity index (χ3n) is 4.28. The minimum Gasteiger partial charge on any atom is -0.477 e. The Bertz CT molecular complexity index is 1160. The van der Waals surface area contributed by atoms with Gasteiger partial charge in [0.05, 0.1) is 10.7 Å². The molecule has 0 amide bonds. The number of aromatic carboxylic acids is 1. The Kier molecular flexibility index (Phi) is 4.33. The largest absolute Gasteiger partial charge is 0.477 e. The first-order valence-electron chi connectivity index (χ1n) is 8.12. The predicted molar refractivity (Wildman–Crippen MR) is 101 cm³/mol. The number of pyridine rings is 2. The van der Waals surface area contributed by atoms with Gasteiger partial charge in [-0.1, -0.05) is 17.7 Å². The van der Waals surface area contributed by atoms with Crippen molar-refractivity contribution in [2.45, 2.75) is 6.42 Å².